The largest absolute Gasteiger partial charge is 0.397 e. The van der Waals surface area contributed by atoms with E-state index in [1.807, 2.05) is 6.92 Å². The number of rotatable bonds is 3. The summed E-state index contributed by atoms with van der Waals surface area (Å²) in [5.41, 5.74) is 12.7. The highest BCUT2D eigenvalue weighted by Gasteiger charge is 2.09. The third-order valence-electron chi connectivity index (χ3n) is 1.92. The third-order valence-corrected chi connectivity index (χ3v) is 1.92. The molecule has 0 unspecified atom stereocenters. The molecule has 0 heterocycles. The molecule has 0 atom stereocenters. The molecule has 1 rings (SSSR count). The highest BCUT2D eigenvalue weighted by atomic mass is 16.1. The molecule has 0 saturated heterocycles. The van der Waals surface area contributed by atoms with Gasteiger partial charge >= 0.3 is 0 Å². The van der Waals surface area contributed by atoms with E-state index in [2.05, 4.69) is 0 Å². The molecule has 0 radical (unpaired) electrons. The number of nitrogen functional groups attached to an aromatic ring is 2. The van der Waals surface area contributed by atoms with Gasteiger partial charge in [-0.2, -0.15) is 0 Å². The van der Waals surface area contributed by atoms with E-state index in [0.717, 1.165) is 6.42 Å². The Morgan fingerprint density at radius 1 is 1.38 bits per heavy atom. The topological polar surface area (TPSA) is 69.1 Å². The van der Waals surface area contributed by atoms with Crippen LogP contribution in [0.5, 0.6) is 0 Å². The first-order valence-corrected chi connectivity index (χ1v) is 4.34. The van der Waals surface area contributed by atoms with E-state index in [0.29, 0.717) is 23.4 Å². The average Bonchev–Trinajstić information content (AvgIpc) is 2.10. The number of Topliss-reactive ketones (excluding diaryl/α,β-unsaturated/α-hetero) is 1. The second-order valence-corrected chi connectivity index (χ2v) is 2.98. The summed E-state index contributed by atoms with van der Waals surface area (Å²) in [5.74, 6) is 0.0623. The van der Waals surface area contributed by atoms with Crippen molar-refractivity contribution < 1.29 is 4.79 Å². The van der Waals surface area contributed by atoms with Gasteiger partial charge in [-0.15, -0.1) is 0 Å². The summed E-state index contributed by atoms with van der Waals surface area (Å²) in [4.78, 5) is 11.5. The normalized spacial score (nSPS) is 9.92. The summed E-state index contributed by atoms with van der Waals surface area (Å²) in [6.45, 7) is 1.96. The van der Waals surface area contributed by atoms with E-state index in [9.17, 15) is 4.79 Å². The second kappa shape index (κ2) is 3.94. The summed E-state index contributed by atoms with van der Waals surface area (Å²) in [5, 5.41) is 0. The summed E-state index contributed by atoms with van der Waals surface area (Å²) >= 11 is 0. The molecule has 0 amide bonds. The van der Waals surface area contributed by atoms with E-state index in [4.69, 9.17) is 11.5 Å². The number of para-hydroxylation sites is 1. The highest BCUT2D eigenvalue weighted by molar-refractivity contribution is 6.02. The van der Waals surface area contributed by atoms with Crippen molar-refractivity contribution >= 4 is 17.2 Å². The number of benzene rings is 1. The monoisotopic (exact) mass is 178 g/mol. The Bertz CT molecular complexity index is 321. The molecule has 0 aromatic heterocycles. The van der Waals surface area contributed by atoms with Crippen LogP contribution in [0.2, 0.25) is 0 Å². The van der Waals surface area contributed by atoms with E-state index >= 15 is 0 Å². The molecular formula is C10H14N2O. The molecule has 1 aromatic carbocycles. The summed E-state index contributed by atoms with van der Waals surface area (Å²) in [7, 11) is 0. The minimum Gasteiger partial charge on any atom is -0.397 e. The third kappa shape index (κ3) is 1.99. The Balaban J connectivity index is 3.01. The SMILES string of the molecule is CCCC(=O)c1cccc(N)c1N. The minimum absolute atomic E-state index is 0.0623. The molecule has 0 aliphatic heterocycles. The lowest BCUT2D eigenvalue weighted by atomic mass is 10.0. The fourth-order valence-corrected chi connectivity index (χ4v) is 1.19. The Labute approximate surface area is 77.7 Å². The minimum atomic E-state index is 0.0623. The molecular weight excluding hydrogens is 164 g/mol. The zero-order valence-electron chi connectivity index (χ0n) is 7.71. The van der Waals surface area contributed by atoms with Gasteiger partial charge in [0.05, 0.1) is 11.4 Å². The maximum atomic E-state index is 11.5. The van der Waals surface area contributed by atoms with Gasteiger partial charge in [0.15, 0.2) is 5.78 Å². The number of anilines is 2. The Kier molecular flexibility index (Phi) is 2.90. The molecule has 0 bridgehead atoms. The molecule has 70 valence electrons. The van der Waals surface area contributed by atoms with E-state index in [-0.39, 0.29) is 5.78 Å². The molecule has 13 heavy (non-hydrogen) atoms. The van der Waals surface area contributed by atoms with Crippen LogP contribution in [0.25, 0.3) is 0 Å². The van der Waals surface area contributed by atoms with Gasteiger partial charge in [-0.3, -0.25) is 4.79 Å². The van der Waals surface area contributed by atoms with Crippen molar-refractivity contribution in [2.24, 2.45) is 0 Å². The molecule has 3 nitrogen and oxygen atoms in total. The van der Waals surface area contributed by atoms with Crippen LogP contribution in [0.15, 0.2) is 18.2 Å². The fourth-order valence-electron chi connectivity index (χ4n) is 1.19. The molecule has 0 aliphatic rings. The first-order valence-electron chi connectivity index (χ1n) is 4.34. The molecule has 0 aliphatic carbocycles. The Morgan fingerprint density at radius 2 is 2.08 bits per heavy atom. The van der Waals surface area contributed by atoms with E-state index < -0.39 is 0 Å². The maximum absolute atomic E-state index is 11.5. The van der Waals surface area contributed by atoms with Crippen molar-refractivity contribution in [1.82, 2.24) is 0 Å². The van der Waals surface area contributed by atoms with Gasteiger partial charge in [-0.25, -0.2) is 0 Å². The van der Waals surface area contributed by atoms with Gasteiger partial charge in [0.1, 0.15) is 0 Å². The average molecular weight is 178 g/mol. The number of carbonyl (C=O) groups is 1. The van der Waals surface area contributed by atoms with Crippen molar-refractivity contribution in [3.63, 3.8) is 0 Å². The van der Waals surface area contributed by atoms with Crippen LogP contribution in [0.1, 0.15) is 30.1 Å². The van der Waals surface area contributed by atoms with E-state index in [1.165, 1.54) is 0 Å². The fraction of sp³-hybridized carbons (Fsp3) is 0.300. The van der Waals surface area contributed by atoms with Gasteiger partial charge in [-0.1, -0.05) is 13.0 Å². The van der Waals surface area contributed by atoms with Crippen molar-refractivity contribution in [1.29, 1.82) is 0 Å². The molecule has 0 spiro atoms. The van der Waals surface area contributed by atoms with Crippen LogP contribution >= 0.6 is 0 Å². The van der Waals surface area contributed by atoms with Crippen LogP contribution in [0.3, 0.4) is 0 Å². The highest BCUT2D eigenvalue weighted by Crippen LogP contribution is 2.20. The summed E-state index contributed by atoms with van der Waals surface area (Å²) in [6, 6.07) is 5.15. The Hall–Kier alpha value is -1.51. The molecule has 3 heteroatoms. The van der Waals surface area contributed by atoms with Gasteiger partial charge in [0.2, 0.25) is 0 Å². The second-order valence-electron chi connectivity index (χ2n) is 2.98. The molecule has 0 saturated carbocycles. The first-order chi connectivity index (χ1) is 6.16. The molecule has 0 fully saturated rings. The lowest BCUT2D eigenvalue weighted by molar-refractivity contribution is 0.0982. The van der Waals surface area contributed by atoms with Crippen LogP contribution in [0, 0.1) is 0 Å². The number of carbonyl (C=O) groups excluding carboxylic acids is 1. The number of hydrogen-bond donors (Lipinski definition) is 2. The first kappa shape index (κ1) is 9.58. The van der Waals surface area contributed by atoms with Crippen LogP contribution in [0.4, 0.5) is 11.4 Å². The van der Waals surface area contributed by atoms with Crippen molar-refractivity contribution in [2.45, 2.75) is 19.8 Å². The zero-order valence-corrected chi connectivity index (χ0v) is 7.71. The molecule has 1 aromatic rings. The lowest BCUT2D eigenvalue weighted by Crippen LogP contribution is -2.05. The smallest absolute Gasteiger partial charge is 0.165 e. The maximum Gasteiger partial charge on any atom is 0.165 e. The quantitative estimate of drug-likeness (QED) is 0.548. The summed E-state index contributed by atoms with van der Waals surface area (Å²) in [6.07, 6.45) is 1.35. The lowest BCUT2D eigenvalue weighted by Gasteiger charge is -2.05. The number of ketones is 1. The van der Waals surface area contributed by atoms with Crippen molar-refractivity contribution in [3.8, 4) is 0 Å². The summed E-state index contributed by atoms with van der Waals surface area (Å²) < 4.78 is 0. The van der Waals surface area contributed by atoms with Crippen LogP contribution < -0.4 is 11.5 Å². The standard InChI is InChI=1S/C10H14N2O/c1-2-4-9(13)7-5-3-6-8(11)10(7)12/h3,5-6H,2,4,11-12H2,1H3. The van der Waals surface area contributed by atoms with Gasteiger partial charge in [0.25, 0.3) is 0 Å². The number of hydrogen-bond acceptors (Lipinski definition) is 3. The predicted molar refractivity (Wildman–Crippen MR) is 54.5 cm³/mol. The van der Waals surface area contributed by atoms with Gasteiger partial charge < -0.3 is 11.5 Å². The van der Waals surface area contributed by atoms with Crippen molar-refractivity contribution in [2.75, 3.05) is 11.5 Å². The predicted octanol–water partition coefficient (Wildman–Crippen LogP) is 1.83. The van der Waals surface area contributed by atoms with E-state index in [1.54, 1.807) is 18.2 Å². The zero-order chi connectivity index (χ0) is 9.84. The Morgan fingerprint density at radius 3 is 2.69 bits per heavy atom. The van der Waals surface area contributed by atoms with Gasteiger partial charge in [0, 0.05) is 12.0 Å². The van der Waals surface area contributed by atoms with Crippen molar-refractivity contribution in [3.05, 3.63) is 23.8 Å². The van der Waals surface area contributed by atoms with Crippen LogP contribution in [-0.2, 0) is 0 Å². The van der Waals surface area contributed by atoms with Gasteiger partial charge in [-0.05, 0) is 18.6 Å². The van der Waals surface area contributed by atoms with Crippen LogP contribution in [-0.4, -0.2) is 5.78 Å². The number of nitrogens with two attached hydrogens (primary N) is 2. The molecule has 4 N–H and O–H groups in total.